The quantitative estimate of drug-likeness (QED) is 0.804. The minimum Gasteiger partial charge on any atom is -0.320 e. The highest BCUT2D eigenvalue weighted by Crippen LogP contribution is 2.17. The number of hydrogen-bond donors (Lipinski definition) is 2. The van der Waals surface area contributed by atoms with Gasteiger partial charge in [-0.2, -0.15) is 5.10 Å². The lowest BCUT2D eigenvalue weighted by atomic mass is 10.2. The number of carbonyl (C=O) groups excluding carboxylic acids is 1. The second kappa shape index (κ2) is 4.55. The van der Waals surface area contributed by atoms with Crippen LogP contribution in [0.15, 0.2) is 18.3 Å². The zero-order valence-corrected chi connectivity index (χ0v) is 10.2. The SMILES string of the molecule is Cc1nc(Cl)ccc1NC(=O)c1cn[nH]c1C. The van der Waals surface area contributed by atoms with Crippen LogP contribution in [0.2, 0.25) is 5.15 Å². The number of amides is 1. The summed E-state index contributed by atoms with van der Waals surface area (Å²) in [5.41, 5.74) is 2.55. The van der Waals surface area contributed by atoms with Crippen LogP contribution < -0.4 is 5.32 Å². The molecule has 0 aromatic carbocycles. The molecule has 0 saturated heterocycles. The Balaban J connectivity index is 2.22. The van der Waals surface area contributed by atoms with Crippen molar-refractivity contribution in [2.24, 2.45) is 0 Å². The number of aromatic nitrogens is 3. The van der Waals surface area contributed by atoms with Crippen molar-refractivity contribution in [3.8, 4) is 0 Å². The Bertz CT molecular complexity index is 564. The van der Waals surface area contributed by atoms with E-state index in [1.807, 2.05) is 0 Å². The maximum absolute atomic E-state index is 11.9. The number of anilines is 1. The van der Waals surface area contributed by atoms with Crippen molar-refractivity contribution in [3.63, 3.8) is 0 Å². The number of nitrogens with one attached hydrogen (secondary N) is 2. The molecule has 0 spiro atoms. The Morgan fingerprint density at radius 1 is 1.41 bits per heavy atom. The number of hydrogen-bond acceptors (Lipinski definition) is 3. The van der Waals surface area contributed by atoms with E-state index in [0.717, 1.165) is 5.69 Å². The van der Waals surface area contributed by atoms with Crippen LogP contribution in [0, 0.1) is 13.8 Å². The van der Waals surface area contributed by atoms with Crippen LogP contribution in [0.25, 0.3) is 0 Å². The number of pyridine rings is 1. The molecule has 2 aromatic heterocycles. The van der Waals surface area contributed by atoms with E-state index >= 15 is 0 Å². The van der Waals surface area contributed by atoms with Gasteiger partial charge in [0.1, 0.15) is 5.15 Å². The van der Waals surface area contributed by atoms with Crippen LogP contribution >= 0.6 is 11.6 Å². The van der Waals surface area contributed by atoms with Gasteiger partial charge in [0.05, 0.1) is 23.1 Å². The Labute approximate surface area is 103 Å². The third-order valence-corrected chi connectivity index (χ3v) is 2.59. The first kappa shape index (κ1) is 11.6. The van der Waals surface area contributed by atoms with Crippen molar-refractivity contribution < 1.29 is 4.79 Å². The smallest absolute Gasteiger partial charge is 0.259 e. The third-order valence-electron chi connectivity index (χ3n) is 2.37. The summed E-state index contributed by atoms with van der Waals surface area (Å²) in [5.74, 6) is -0.219. The molecule has 0 aliphatic carbocycles. The van der Waals surface area contributed by atoms with Crippen molar-refractivity contribution in [1.82, 2.24) is 15.2 Å². The van der Waals surface area contributed by atoms with Gasteiger partial charge < -0.3 is 5.32 Å². The van der Waals surface area contributed by atoms with Crippen molar-refractivity contribution in [2.45, 2.75) is 13.8 Å². The van der Waals surface area contributed by atoms with Gasteiger partial charge in [-0.25, -0.2) is 4.98 Å². The summed E-state index contributed by atoms with van der Waals surface area (Å²) in [7, 11) is 0. The molecule has 0 bridgehead atoms. The van der Waals surface area contributed by atoms with Crippen molar-refractivity contribution in [2.75, 3.05) is 5.32 Å². The fourth-order valence-electron chi connectivity index (χ4n) is 1.43. The van der Waals surface area contributed by atoms with Gasteiger partial charge in [0.15, 0.2) is 0 Å². The standard InChI is InChI=1S/C11H11ClN4O/c1-6-8(5-13-16-6)11(17)15-9-3-4-10(12)14-7(9)2/h3-5H,1-2H3,(H,13,16)(H,15,17). The number of aryl methyl sites for hydroxylation is 2. The minimum absolute atomic E-state index is 0.219. The topological polar surface area (TPSA) is 70.7 Å². The molecule has 0 saturated carbocycles. The van der Waals surface area contributed by atoms with E-state index in [9.17, 15) is 4.79 Å². The molecule has 0 unspecified atom stereocenters. The Morgan fingerprint density at radius 2 is 2.18 bits per heavy atom. The van der Waals surface area contributed by atoms with Gasteiger partial charge in [-0.3, -0.25) is 9.89 Å². The summed E-state index contributed by atoms with van der Waals surface area (Å²) in [6.07, 6.45) is 1.49. The number of halogens is 1. The van der Waals surface area contributed by atoms with Gasteiger partial charge in [-0.05, 0) is 26.0 Å². The number of carbonyl (C=O) groups is 1. The van der Waals surface area contributed by atoms with E-state index in [4.69, 9.17) is 11.6 Å². The first-order valence-electron chi connectivity index (χ1n) is 5.02. The van der Waals surface area contributed by atoms with E-state index in [-0.39, 0.29) is 5.91 Å². The average molecular weight is 251 g/mol. The Morgan fingerprint density at radius 3 is 2.76 bits per heavy atom. The minimum atomic E-state index is -0.219. The molecule has 5 nitrogen and oxygen atoms in total. The second-order valence-electron chi connectivity index (χ2n) is 3.63. The number of H-pyrrole nitrogens is 1. The number of nitrogens with zero attached hydrogens (tertiary/aromatic N) is 2. The van der Waals surface area contributed by atoms with E-state index in [1.54, 1.807) is 26.0 Å². The van der Waals surface area contributed by atoms with E-state index in [2.05, 4.69) is 20.5 Å². The predicted octanol–water partition coefficient (Wildman–Crippen LogP) is 2.33. The summed E-state index contributed by atoms with van der Waals surface area (Å²) in [6.45, 7) is 3.57. The lowest BCUT2D eigenvalue weighted by Gasteiger charge is -2.07. The molecule has 0 aliphatic rings. The predicted molar refractivity (Wildman–Crippen MR) is 65.3 cm³/mol. The summed E-state index contributed by atoms with van der Waals surface area (Å²) < 4.78 is 0. The van der Waals surface area contributed by atoms with Crippen molar-refractivity contribution >= 4 is 23.2 Å². The molecule has 1 amide bonds. The maximum Gasteiger partial charge on any atom is 0.259 e. The second-order valence-corrected chi connectivity index (χ2v) is 4.02. The molecule has 0 radical (unpaired) electrons. The molecule has 6 heteroatoms. The van der Waals surface area contributed by atoms with E-state index in [1.165, 1.54) is 6.20 Å². The number of aromatic amines is 1. The van der Waals surface area contributed by atoms with Crippen molar-refractivity contribution in [3.05, 3.63) is 40.4 Å². The zero-order chi connectivity index (χ0) is 12.4. The van der Waals surface area contributed by atoms with Crippen LogP contribution in [0.1, 0.15) is 21.7 Å². The van der Waals surface area contributed by atoms with Gasteiger partial charge in [-0.1, -0.05) is 11.6 Å². The first-order valence-corrected chi connectivity index (χ1v) is 5.40. The summed E-state index contributed by atoms with van der Waals surface area (Å²) in [5, 5.41) is 9.67. The van der Waals surface area contributed by atoms with E-state index < -0.39 is 0 Å². The highest BCUT2D eigenvalue weighted by Gasteiger charge is 2.12. The average Bonchev–Trinajstić information content (AvgIpc) is 2.68. The maximum atomic E-state index is 11.9. The normalized spacial score (nSPS) is 10.3. The molecule has 2 rings (SSSR count). The Kier molecular flexibility index (Phi) is 3.10. The molecule has 0 aliphatic heterocycles. The van der Waals surface area contributed by atoms with Gasteiger partial charge in [0.2, 0.25) is 0 Å². The zero-order valence-electron chi connectivity index (χ0n) is 9.41. The van der Waals surface area contributed by atoms with Crippen LogP contribution in [-0.2, 0) is 0 Å². The highest BCUT2D eigenvalue weighted by molar-refractivity contribution is 6.29. The van der Waals surface area contributed by atoms with Gasteiger partial charge in [0, 0.05) is 5.69 Å². The van der Waals surface area contributed by atoms with Crippen LogP contribution in [0.4, 0.5) is 5.69 Å². The fraction of sp³-hybridized carbons (Fsp3) is 0.182. The molecular formula is C11H11ClN4O. The molecule has 2 heterocycles. The van der Waals surface area contributed by atoms with Crippen LogP contribution in [0.5, 0.6) is 0 Å². The summed E-state index contributed by atoms with van der Waals surface area (Å²) in [4.78, 5) is 16.0. The van der Waals surface area contributed by atoms with Crippen LogP contribution in [-0.4, -0.2) is 21.1 Å². The fourth-order valence-corrected chi connectivity index (χ4v) is 1.62. The lowest BCUT2D eigenvalue weighted by Crippen LogP contribution is -2.13. The third kappa shape index (κ3) is 2.45. The van der Waals surface area contributed by atoms with Crippen molar-refractivity contribution in [1.29, 1.82) is 0 Å². The molecular weight excluding hydrogens is 240 g/mol. The molecule has 17 heavy (non-hydrogen) atoms. The van der Waals surface area contributed by atoms with Gasteiger partial charge >= 0.3 is 0 Å². The molecule has 0 atom stereocenters. The molecule has 88 valence electrons. The van der Waals surface area contributed by atoms with E-state index in [0.29, 0.717) is 22.1 Å². The summed E-state index contributed by atoms with van der Waals surface area (Å²) in [6, 6.07) is 3.35. The largest absolute Gasteiger partial charge is 0.320 e. The van der Waals surface area contributed by atoms with Gasteiger partial charge in [-0.15, -0.1) is 0 Å². The van der Waals surface area contributed by atoms with Gasteiger partial charge in [0.25, 0.3) is 5.91 Å². The highest BCUT2D eigenvalue weighted by atomic mass is 35.5. The Hall–Kier alpha value is -1.88. The van der Waals surface area contributed by atoms with Crippen LogP contribution in [0.3, 0.4) is 0 Å². The lowest BCUT2D eigenvalue weighted by molar-refractivity contribution is 0.102. The molecule has 2 N–H and O–H groups in total. The first-order chi connectivity index (χ1) is 8.08. The molecule has 0 fully saturated rings. The summed E-state index contributed by atoms with van der Waals surface area (Å²) >= 11 is 5.74. The number of rotatable bonds is 2. The monoisotopic (exact) mass is 250 g/mol. The molecule has 2 aromatic rings.